The molecule has 1 fully saturated rings. The predicted octanol–water partition coefficient (Wildman–Crippen LogP) is 4.20. The molecule has 0 aromatic heterocycles. The molecule has 0 bridgehead atoms. The minimum absolute atomic E-state index is 0.0313. The summed E-state index contributed by atoms with van der Waals surface area (Å²) >= 11 is 5.67. The molecule has 0 aliphatic carbocycles. The van der Waals surface area contributed by atoms with Crippen molar-refractivity contribution in [1.82, 2.24) is 4.90 Å². The highest BCUT2D eigenvalue weighted by molar-refractivity contribution is 6.30. The van der Waals surface area contributed by atoms with Gasteiger partial charge < -0.3 is 10.2 Å². The average molecular weight is 333 g/mol. The minimum atomic E-state index is -0.562. The third-order valence-corrected chi connectivity index (χ3v) is 4.33. The van der Waals surface area contributed by atoms with Crippen molar-refractivity contribution in [2.75, 3.05) is 18.4 Å². The number of carbonyl (C=O) groups is 1. The number of nitrogens with zero attached hydrogens (tertiary/aromatic N) is 1. The number of benzene rings is 2. The number of para-hydroxylation sites is 1. The molecular formula is C18H18ClFN2O. The molecule has 1 atom stereocenters. The molecule has 1 aliphatic rings. The maximum atomic E-state index is 13.6. The van der Waals surface area contributed by atoms with Crippen LogP contribution in [0.2, 0.25) is 5.02 Å². The Hall–Kier alpha value is -2.07. The fourth-order valence-electron chi connectivity index (χ4n) is 2.86. The smallest absolute Gasteiger partial charge is 0.254 e. The topological polar surface area (TPSA) is 32.3 Å². The highest BCUT2D eigenvalue weighted by Crippen LogP contribution is 2.20. The number of piperidine rings is 1. The molecule has 3 rings (SSSR count). The van der Waals surface area contributed by atoms with Crippen LogP contribution in [0.5, 0.6) is 0 Å². The molecule has 0 unspecified atom stereocenters. The zero-order valence-corrected chi connectivity index (χ0v) is 13.4. The van der Waals surface area contributed by atoms with Crippen molar-refractivity contribution in [3.63, 3.8) is 0 Å². The van der Waals surface area contributed by atoms with E-state index in [1.54, 1.807) is 11.0 Å². The number of nitrogens with one attached hydrogen (secondary N) is 1. The molecule has 5 heteroatoms. The van der Waals surface area contributed by atoms with Gasteiger partial charge in [0.05, 0.1) is 5.02 Å². The van der Waals surface area contributed by atoms with Gasteiger partial charge in [0, 0.05) is 30.4 Å². The third-order valence-electron chi connectivity index (χ3n) is 4.02. The van der Waals surface area contributed by atoms with Gasteiger partial charge in [-0.15, -0.1) is 0 Å². The highest BCUT2D eigenvalue weighted by Gasteiger charge is 2.24. The second-order valence-electron chi connectivity index (χ2n) is 5.73. The largest absolute Gasteiger partial charge is 0.381 e. The number of carbonyl (C=O) groups excluding carboxylic acids is 1. The van der Waals surface area contributed by atoms with E-state index >= 15 is 0 Å². The number of amides is 1. The maximum Gasteiger partial charge on any atom is 0.254 e. The van der Waals surface area contributed by atoms with Crippen molar-refractivity contribution in [3.05, 3.63) is 64.9 Å². The molecule has 0 radical (unpaired) electrons. The summed E-state index contributed by atoms with van der Waals surface area (Å²) in [4.78, 5) is 14.3. The van der Waals surface area contributed by atoms with Crippen LogP contribution in [0.4, 0.5) is 10.1 Å². The lowest BCUT2D eigenvalue weighted by Gasteiger charge is -2.33. The van der Waals surface area contributed by atoms with E-state index in [0.717, 1.165) is 18.5 Å². The molecule has 120 valence electrons. The first-order chi connectivity index (χ1) is 11.1. The number of likely N-dealkylation sites (tertiary alicyclic amines) is 1. The number of rotatable bonds is 3. The Morgan fingerprint density at radius 2 is 2.00 bits per heavy atom. The standard InChI is InChI=1S/C18H18ClFN2O/c19-16-9-8-13(11-17(16)20)18(23)22-10-4-7-15(12-22)21-14-5-2-1-3-6-14/h1-3,5-6,8-9,11,15,21H,4,7,10,12H2/t15-/m1/s1. The Labute approximate surface area is 140 Å². The molecule has 1 amide bonds. The van der Waals surface area contributed by atoms with Gasteiger partial charge >= 0.3 is 0 Å². The highest BCUT2D eigenvalue weighted by atomic mass is 35.5. The molecule has 0 saturated carbocycles. The second kappa shape index (κ2) is 7.01. The summed E-state index contributed by atoms with van der Waals surface area (Å²) in [7, 11) is 0. The van der Waals surface area contributed by atoms with E-state index in [4.69, 9.17) is 11.6 Å². The Balaban J connectivity index is 1.68. The number of halogens is 2. The molecule has 1 heterocycles. The summed E-state index contributed by atoms with van der Waals surface area (Å²) in [5, 5.41) is 3.48. The fraction of sp³-hybridized carbons (Fsp3) is 0.278. The van der Waals surface area contributed by atoms with Crippen LogP contribution >= 0.6 is 11.6 Å². The Bertz CT molecular complexity index is 693. The van der Waals surface area contributed by atoms with Crippen LogP contribution < -0.4 is 5.32 Å². The van der Waals surface area contributed by atoms with Crippen molar-refractivity contribution < 1.29 is 9.18 Å². The lowest BCUT2D eigenvalue weighted by atomic mass is 10.0. The van der Waals surface area contributed by atoms with Gasteiger partial charge in [-0.2, -0.15) is 0 Å². The summed E-state index contributed by atoms with van der Waals surface area (Å²) in [5.74, 6) is -0.714. The SMILES string of the molecule is O=C(c1ccc(Cl)c(F)c1)N1CCC[C@@H](Nc2ccccc2)C1. The van der Waals surface area contributed by atoms with Gasteiger partial charge in [-0.1, -0.05) is 29.8 Å². The summed E-state index contributed by atoms with van der Waals surface area (Å²) in [6.45, 7) is 1.30. The number of hydrogen-bond donors (Lipinski definition) is 1. The molecule has 2 aromatic carbocycles. The zero-order valence-electron chi connectivity index (χ0n) is 12.6. The summed E-state index contributed by atoms with van der Waals surface area (Å²) in [6.07, 6.45) is 1.93. The quantitative estimate of drug-likeness (QED) is 0.913. The van der Waals surface area contributed by atoms with Crippen molar-refractivity contribution in [3.8, 4) is 0 Å². The normalized spacial score (nSPS) is 17.8. The summed E-state index contributed by atoms with van der Waals surface area (Å²) in [6, 6.07) is 14.3. The van der Waals surface area contributed by atoms with Crippen LogP contribution in [0.25, 0.3) is 0 Å². The van der Waals surface area contributed by atoms with Crippen molar-refractivity contribution in [2.45, 2.75) is 18.9 Å². The molecule has 3 nitrogen and oxygen atoms in total. The van der Waals surface area contributed by atoms with Gasteiger partial charge in [-0.3, -0.25) is 4.79 Å². The van der Waals surface area contributed by atoms with Crippen molar-refractivity contribution in [2.24, 2.45) is 0 Å². The third kappa shape index (κ3) is 3.82. The molecule has 0 spiro atoms. The van der Waals surface area contributed by atoms with Gasteiger partial charge in [0.25, 0.3) is 5.91 Å². The van der Waals surface area contributed by atoms with Crippen LogP contribution in [0.15, 0.2) is 48.5 Å². The first-order valence-corrected chi connectivity index (χ1v) is 8.07. The molecule has 23 heavy (non-hydrogen) atoms. The summed E-state index contributed by atoms with van der Waals surface area (Å²) < 4.78 is 13.6. The Kier molecular flexibility index (Phi) is 4.82. The number of anilines is 1. The van der Waals surface area contributed by atoms with E-state index in [0.29, 0.717) is 18.7 Å². The zero-order chi connectivity index (χ0) is 16.2. The molecule has 1 aliphatic heterocycles. The van der Waals surface area contributed by atoms with E-state index in [2.05, 4.69) is 5.32 Å². The molecule has 1 N–H and O–H groups in total. The van der Waals surface area contributed by atoms with E-state index in [1.807, 2.05) is 30.3 Å². The van der Waals surface area contributed by atoms with Crippen LogP contribution in [-0.4, -0.2) is 29.9 Å². The van der Waals surface area contributed by atoms with Crippen LogP contribution in [0, 0.1) is 5.82 Å². The Morgan fingerprint density at radius 3 is 2.74 bits per heavy atom. The van der Waals surface area contributed by atoms with Crippen LogP contribution in [0.3, 0.4) is 0 Å². The molecule has 2 aromatic rings. The first kappa shape index (κ1) is 15.8. The van der Waals surface area contributed by atoms with Gasteiger partial charge in [0.1, 0.15) is 5.82 Å². The fourth-order valence-corrected chi connectivity index (χ4v) is 2.98. The van der Waals surface area contributed by atoms with Crippen LogP contribution in [-0.2, 0) is 0 Å². The predicted molar refractivity (Wildman–Crippen MR) is 90.4 cm³/mol. The van der Waals surface area contributed by atoms with E-state index in [-0.39, 0.29) is 17.0 Å². The van der Waals surface area contributed by atoms with E-state index < -0.39 is 5.82 Å². The van der Waals surface area contributed by atoms with E-state index in [9.17, 15) is 9.18 Å². The van der Waals surface area contributed by atoms with Crippen molar-refractivity contribution >= 4 is 23.2 Å². The molecule has 1 saturated heterocycles. The second-order valence-corrected chi connectivity index (χ2v) is 6.14. The van der Waals surface area contributed by atoms with E-state index in [1.165, 1.54) is 12.1 Å². The Morgan fingerprint density at radius 1 is 1.22 bits per heavy atom. The first-order valence-electron chi connectivity index (χ1n) is 7.69. The van der Waals surface area contributed by atoms with Gasteiger partial charge in [0.15, 0.2) is 0 Å². The molecular weight excluding hydrogens is 315 g/mol. The maximum absolute atomic E-state index is 13.6. The average Bonchev–Trinajstić information content (AvgIpc) is 2.58. The van der Waals surface area contributed by atoms with Crippen molar-refractivity contribution in [1.29, 1.82) is 0 Å². The van der Waals surface area contributed by atoms with Gasteiger partial charge in [-0.05, 0) is 43.2 Å². The number of hydrogen-bond acceptors (Lipinski definition) is 2. The van der Waals surface area contributed by atoms with Gasteiger partial charge in [0.2, 0.25) is 0 Å². The monoisotopic (exact) mass is 332 g/mol. The van der Waals surface area contributed by atoms with Gasteiger partial charge in [-0.25, -0.2) is 4.39 Å². The minimum Gasteiger partial charge on any atom is -0.381 e. The lowest BCUT2D eigenvalue weighted by molar-refractivity contribution is 0.0714. The summed E-state index contributed by atoms with van der Waals surface area (Å²) in [5.41, 5.74) is 1.39. The lowest BCUT2D eigenvalue weighted by Crippen LogP contribution is -2.45. The van der Waals surface area contributed by atoms with Crippen LogP contribution in [0.1, 0.15) is 23.2 Å².